The summed E-state index contributed by atoms with van der Waals surface area (Å²) in [4.78, 5) is 25.8. The SMILES string of the molecule is Cl.O=C(NCCCC(=O)N1CCCNCC1)NC1CCCCC1. The van der Waals surface area contributed by atoms with Gasteiger partial charge in [-0.1, -0.05) is 19.3 Å². The molecule has 0 aromatic rings. The van der Waals surface area contributed by atoms with E-state index in [1.54, 1.807) is 0 Å². The molecule has 1 aliphatic carbocycles. The molecule has 1 saturated heterocycles. The molecule has 0 atom stereocenters. The van der Waals surface area contributed by atoms with Crippen molar-refractivity contribution in [2.45, 2.75) is 57.4 Å². The molecule has 1 aliphatic heterocycles. The van der Waals surface area contributed by atoms with Gasteiger partial charge in [-0.3, -0.25) is 4.79 Å². The van der Waals surface area contributed by atoms with Crippen LogP contribution in [-0.4, -0.2) is 55.6 Å². The molecular weight excluding hydrogens is 316 g/mol. The van der Waals surface area contributed by atoms with Crippen LogP contribution in [0.3, 0.4) is 0 Å². The van der Waals surface area contributed by atoms with E-state index in [1.165, 1.54) is 19.3 Å². The normalized spacial score (nSPS) is 19.4. The zero-order valence-corrected chi connectivity index (χ0v) is 14.8. The summed E-state index contributed by atoms with van der Waals surface area (Å²) in [7, 11) is 0. The number of urea groups is 1. The molecule has 3 N–H and O–H groups in total. The third-order valence-corrected chi connectivity index (χ3v) is 4.49. The molecule has 2 fully saturated rings. The van der Waals surface area contributed by atoms with E-state index in [-0.39, 0.29) is 24.3 Å². The van der Waals surface area contributed by atoms with Gasteiger partial charge < -0.3 is 20.9 Å². The highest BCUT2D eigenvalue weighted by molar-refractivity contribution is 5.85. The second-order valence-corrected chi connectivity index (χ2v) is 6.32. The summed E-state index contributed by atoms with van der Waals surface area (Å²) in [5, 5.41) is 9.19. The summed E-state index contributed by atoms with van der Waals surface area (Å²) in [6.45, 7) is 4.09. The molecule has 2 rings (SSSR count). The molecule has 1 heterocycles. The first kappa shape index (κ1) is 20.0. The Bertz CT molecular complexity index is 354. The maximum atomic E-state index is 12.1. The van der Waals surface area contributed by atoms with Crippen molar-refractivity contribution in [1.82, 2.24) is 20.9 Å². The van der Waals surface area contributed by atoms with Crippen LogP contribution in [0.1, 0.15) is 51.4 Å². The molecule has 0 spiro atoms. The third kappa shape index (κ3) is 7.88. The lowest BCUT2D eigenvalue weighted by atomic mass is 9.96. The van der Waals surface area contributed by atoms with Crippen molar-refractivity contribution in [3.63, 3.8) is 0 Å². The molecule has 0 bridgehead atoms. The molecule has 134 valence electrons. The maximum absolute atomic E-state index is 12.1. The maximum Gasteiger partial charge on any atom is 0.315 e. The highest BCUT2D eigenvalue weighted by Gasteiger charge is 2.16. The highest BCUT2D eigenvalue weighted by atomic mass is 35.5. The van der Waals surface area contributed by atoms with E-state index in [0.29, 0.717) is 25.4 Å². The second-order valence-electron chi connectivity index (χ2n) is 6.32. The van der Waals surface area contributed by atoms with E-state index in [0.717, 1.165) is 45.4 Å². The largest absolute Gasteiger partial charge is 0.341 e. The van der Waals surface area contributed by atoms with E-state index in [4.69, 9.17) is 0 Å². The van der Waals surface area contributed by atoms with Crippen molar-refractivity contribution in [2.24, 2.45) is 0 Å². The average Bonchev–Trinajstić information content (AvgIpc) is 2.81. The Labute approximate surface area is 145 Å². The first-order valence-corrected chi connectivity index (χ1v) is 8.78. The van der Waals surface area contributed by atoms with E-state index in [9.17, 15) is 9.59 Å². The number of nitrogens with one attached hydrogen (secondary N) is 3. The number of halogens is 1. The van der Waals surface area contributed by atoms with Crippen LogP contribution < -0.4 is 16.0 Å². The summed E-state index contributed by atoms with van der Waals surface area (Å²) < 4.78 is 0. The summed E-state index contributed by atoms with van der Waals surface area (Å²) in [6.07, 6.45) is 8.14. The van der Waals surface area contributed by atoms with Gasteiger partial charge in [-0.25, -0.2) is 4.79 Å². The number of nitrogens with zero attached hydrogens (tertiary/aromatic N) is 1. The third-order valence-electron chi connectivity index (χ3n) is 4.49. The van der Waals surface area contributed by atoms with Crippen LogP contribution in [0, 0.1) is 0 Å². The highest BCUT2D eigenvalue weighted by Crippen LogP contribution is 2.17. The van der Waals surface area contributed by atoms with Crippen molar-refractivity contribution in [2.75, 3.05) is 32.7 Å². The second kappa shape index (κ2) is 11.5. The predicted molar refractivity (Wildman–Crippen MR) is 94.0 cm³/mol. The van der Waals surface area contributed by atoms with Gasteiger partial charge in [-0.05, 0) is 32.2 Å². The van der Waals surface area contributed by atoms with E-state index in [1.807, 2.05) is 4.90 Å². The Kier molecular flexibility index (Phi) is 10.0. The molecular formula is C16H31ClN4O2. The van der Waals surface area contributed by atoms with Crippen LogP contribution in [-0.2, 0) is 4.79 Å². The average molecular weight is 347 g/mol. The first-order chi connectivity index (χ1) is 10.8. The van der Waals surface area contributed by atoms with Crippen LogP contribution in [0.5, 0.6) is 0 Å². The molecule has 0 aromatic heterocycles. The minimum Gasteiger partial charge on any atom is -0.341 e. The first-order valence-electron chi connectivity index (χ1n) is 8.78. The van der Waals surface area contributed by atoms with Crippen LogP contribution >= 0.6 is 12.4 Å². The van der Waals surface area contributed by atoms with Gasteiger partial charge in [0.1, 0.15) is 0 Å². The van der Waals surface area contributed by atoms with Gasteiger partial charge in [0.15, 0.2) is 0 Å². The van der Waals surface area contributed by atoms with Crippen molar-refractivity contribution in [3.05, 3.63) is 0 Å². The van der Waals surface area contributed by atoms with E-state index in [2.05, 4.69) is 16.0 Å². The summed E-state index contributed by atoms with van der Waals surface area (Å²) in [5.74, 6) is 0.207. The lowest BCUT2D eigenvalue weighted by Crippen LogP contribution is -2.43. The zero-order chi connectivity index (χ0) is 15.6. The van der Waals surface area contributed by atoms with Crippen molar-refractivity contribution in [1.29, 1.82) is 0 Å². The zero-order valence-electron chi connectivity index (χ0n) is 13.9. The van der Waals surface area contributed by atoms with Crippen LogP contribution in [0.25, 0.3) is 0 Å². The minimum atomic E-state index is -0.0849. The molecule has 0 unspecified atom stereocenters. The molecule has 6 nitrogen and oxygen atoms in total. The molecule has 0 radical (unpaired) electrons. The monoisotopic (exact) mass is 346 g/mol. The van der Waals surface area contributed by atoms with Crippen LogP contribution in [0.4, 0.5) is 4.79 Å². The van der Waals surface area contributed by atoms with Gasteiger partial charge in [0.25, 0.3) is 0 Å². The van der Waals surface area contributed by atoms with E-state index < -0.39 is 0 Å². The van der Waals surface area contributed by atoms with Crippen molar-refractivity contribution in [3.8, 4) is 0 Å². The van der Waals surface area contributed by atoms with Gasteiger partial charge in [-0.2, -0.15) is 0 Å². The molecule has 2 aliphatic rings. The summed E-state index contributed by atoms with van der Waals surface area (Å²) in [5.41, 5.74) is 0. The number of amides is 3. The number of carbonyl (C=O) groups excluding carboxylic acids is 2. The Hall–Kier alpha value is -1.01. The van der Waals surface area contributed by atoms with Gasteiger partial charge in [0.2, 0.25) is 5.91 Å². The number of hydrogen-bond donors (Lipinski definition) is 3. The smallest absolute Gasteiger partial charge is 0.315 e. The standard InChI is InChI=1S/C16H30N4O2.ClH/c21-15(20-12-5-9-17-11-13-20)8-4-10-18-16(22)19-14-6-2-1-3-7-14;/h14,17H,1-13H2,(H2,18,19,22);1H. The van der Waals surface area contributed by atoms with Gasteiger partial charge in [0.05, 0.1) is 0 Å². The number of hydrogen-bond acceptors (Lipinski definition) is 3. The van der Waals surface area contributed by atoms with Gasteiger partial charge in [0, 0.05) is 38.6 Å². The van der Waals surface area contributed by atoms with Gasteiger partial charge in [-0.15, -0.1) is 12.4 Å². The fourth-order valence-electron chi connectivity index (χ4n) is 3.18. The van der Waals surface area contributed by atoms with Crippen molar-refractivity contribution >= 4 is 24.3 Å². The molecule has 7 heteroatoms. The molecule has 0 aromatic carbocycles. The Morgan fingerprint density at radius 1 is 1.04 bits per heavy atom. The predicted octanol–water partition coefficient (Wildman–Crippen LogP) is 1.64. The van der Waals surface area contributed by atoms with Crippen molar-refractivity contribution < 1.29 is 9.59 Å². The van der Waals surface area contributed by atoms with Gasteiger partial charge >= 0.3 is 6.03 Å². The molecule has 23 heavy (non-hydrogen) atoms. The van der Waals surface area contributed by atoms with Crippen LogP contribution in [0.15, 0.2) is 0 Å². The Morgan fingerprint density at radius 3 is 2.61 bits per heavy atom. The minimum absolute atomic E-state index is 0. The van der Waals surface area contributed by atoms with Crippen LogP contribution in [0.2, 0.25) is 0 Å². The Balaban J connectivity index is 0.00000264. The Morgan fingerprint density at radius 2 is 1.83 bits per heavy atom. The summed E-state index contributed by atoms with van der Waals surface area (Å²) in [6, 6.07) is 0.248. The summed E-state index contributed by atoms with van der Waals surface area (Å²) >= 11 is 0. The lowest BCUT2D eigenvalue weighted by Gasteiger charge is -2.23. The quantitative estimate of drug-likeness (QED) is 0.663. The number of rotatable bonds is 5. The molecule has 3 amide bonds. The molecule has 1 saturated carbocycles. The van der Waals surface area contributed by atoms with E-state index >= 15 is 0 Å². The topological polar surface area (TPSA) is 73.5 Å². The lowest BCUT2D eigenvalue weighted by molar-refractivity contribution is -0.131. The fraction of sp³-hybridized carbons (Fsp3) is 0.875. The number of carbonyl (C=O) groups is 2. The fourth-order valence-corrected chi connectivity index (χ4v) is 3.18.